The fraction of sp³-hybridized carbons (Fsp3) is 0.222. The molecule has 0 saturated heterocycles. The molecular weight excluding hydrogens is 285 g/mol. The van der Waals surface area contributed by atoms with Crippen molar-refractivity contribution >= 4 is 27.6 Å². The predicted molar refractivity (Wildman–Crippen MR) is 56.5 cm³/mol. The van der Waals surface area contributed by atoms with Gasteiger partial charge in [0.25, 0.3) is 5.69 Å². The van der Waals surface area contributed by atoms with E-state index < -0.39 is 16.7 Å². The van der Waals surface area contributed by atoms with E-state index in [1.165, 1.54) is 13.2 Å². The lowest BCUT2D eigenvalue weighted by Crippen LogP contribution is -2.06. The van der Waals surface area contributed by atoms with E-state index >= 15 is 0 Å². The van der Waals surface area contributed by atoms with E-state index in [1.54, 1.807) is 0 Å². The van der Waals surface area contributed by atoms with Crippen molar-refractivity contribution in [3.05, 3.63) is 38.1 Å². The summed E-state index contributed by atoms with van der Waals surface area (Å²) in [6.07, 6.45) is -0.265. The Morgan fingerprint density at radius 2 is 2.25 bits per heavy atom. The lowest BCUT2D eigenvalue weighted by atomic mass is 10.1. The molecule has 0 aliphatic rings. The molecule has 16 heavy (non-hydrogen) atoms. The summed E-state index contributed by atoms with van der Waals surface area (Å²) in [5, 5.41) is 10.5. The van der Waals surface area contributed by atoms with Crippen molar-refractivity contribution in [2.75, 3.05) is 7.11 Å². The number of nitro groups is 1. The molecule has 5 nitrogen and oxygen atoms in total. The smallest absolute Gasteiger partial charge is 0.310 e. The summed E-state index contributed by atoms with van der Waals surface area (Å²) < 4.78 is 17.8. The van der Waals surface area contributed by atoms with Crippen LogP contribution < -0.4 is 0 Å². The molecule has 0 radical (unpaired) electrons. The van der Waals surface area contributed by atoms with Gasteiger partial charge in [-0.1, -0.05) is 0 Å². The Labute approximate surface area is 98.5 Å². The van der Waals surface area contributed by atoms with Crippen LogP contribution in [0.15, 0.2) is 16.6 Å². The van der Waals surface area contributed by atoms with Crippen molar-refractivity contribution in [2.24, 2.45) is 0 Å². The van der Waals surface area contributed by atoms with Crippen molar-refractivity contribution in [3.63, 3.8) is 0 Å². The molecule has 0 bridgehead atoms. The van der Waals surface area contributed by atoms with Gasteiger partial charge < -0.3 is 4.74 Å². The minimum Gasteiger partial charge on any atom is -0.469 e. The summed E-state index contributed by atoms with van der Waals surface area (Å²) in [6.45, 7) is 0. The topological polar surface area (TPSA) is 69.4 Å². The lowest BCUT2D eigenvalue weighted by Gasteiger charge is -2.03. The number of esters is 1. The van der Waals surface area contributed by atoms with Crippen LogP contribution >= 0.6 is 15.9 Å². The molecule has 0 aromatic heterocycles. The molecule has 0 atom stereocenters. The molecule has 0 saturated carbocycles. The van der Waals surface area contributed by atoms with Gasteiger partial charge in [0.15, 0.2) is 0 Å². The number of halogens is 2. The fourth-order valence-electron chi connectivity index (χ4n) is 1.08. The Morgan fingerprint density at radius 1 is 1.62 bits per heavy atom. The number of benzene rings is 1. The molecule has 0 fully saturated rings. The maximum atomic E-state index is 13.4. The monoisotopic (exact) mass is 291 g/mol. The highest BCUT2D eigenvalue weighted by Gasteiger charge is 2.18. The third kappa shape index (κ3) is 2.75. The Balaban J connectivity index is 3.10. The third-order valence-corrected chi connectivity index (χ3v) is 2.51. The number of nitrogens with zero attached hydrogens (tertiary/aromatic N) is 1. The molecule has 7 heteroatoms. The fourth-order valence-corrected chi connectivity index (χ4v) is 1.62. The van der Waals surface area contributed by atoms with Crippen molar-refractivity contribution in [1.29, 1.82) is 0 Å². The normalized spacial score (nSPS) is 9.94. The summed E-state index contributed by atoms with van der Waals surface area (Å²) in [5.74, 6) is -1.42. The van der Waals surface area contributed by atoms with Gasteiger partial charge >= 0.3 is 5.97 Å². The zero-order chi connectivity index (χ0) is 12.3. The molecular formula is C9H7BrFNO4. The van der Waals surface area contributed by atoms with Gasteiger partial charge in [0, 0.05) is 5.56 Å². The maximum absolute atomic E-state index is 13.4. The van der Waals surface area contributed by atoms with Crippen LogP contribution in [0.1, 0.15) is 5.56 Å². The van der Waals surface area contributed by atoms with Crippen molar-refractivity contribution in [3.8, 4) is 0 Å². The molecule has 0 spiro atoms. The van der Waals surface area contributed by atoms with Gasteiger partial charge in [0.2, 0.25) is 0 Å². The van der Waals surface area contributed by atoms with E-state index in [0.717, 1.165) is 6.07 Å². The number of carbonyl (C=O) groups is 1. The first-order chi connectivity index (χ1) is 7.45. The highest BCUT2D eigenvalue weighted by atomic mass is 79.9. The van der Waals surface area contributed by atoms with Gasteiger partial charge in [-0.3, -0.25) is 14.9 Å². The van der Waals surface area contributed by atoms with E-state index in [2.05, 4.69) is 20.7 Å². The van der Waals surface area contributed by atoms with Crippen molar-refractivity contribution in [2.45, 2.75) is 6.42 Å². The number of hydrogen-bond acceptors (Lipinski definition) is 4. The Bertz CT molecular complexity index is 449. The maximum Gasteiger partial charge on any atom is 0.310 e. The van der Waals surface area contributed by atoms with Crippen molar-refractivity contribution in [1.82, 2.24) is 0 Å². The SMILES string of the molecule is COC(=O)Cc1cc(Br)c([N+](=O)[O-])cc1F. The summed E-state index contributed by atoms with van der Waals surface area (Å²) in [6, 6.07) is 1.97. The van der Waals surface area contributed by atoms with Crippen molar-refractivity contribution < 1.29 is 18.8 Å². The number of hydrogen-bond donors (Lipinski definition) is 0. The number of rotatable bonds is 3. The van der Waals surface area contributed by atoms with Gasteiger partial charge in [0.1, 0.15) is 5.82 Å². The Morgan fingerprint density at radius 3 is 2.75 bits per heavy atom. The van der Waals surface area contributed by atoms with E-state index in [-0.39, 0.29) is 22.1 Å². The second-order valence-electron chi connectivity index (χ2n) is 2.91. The quantitative estimate of drug-likeness (QED) is 0.486. The van der Waals surface area contributed by atoms with Gasteiger partial charge in [-0.25, -0.2) is 4.39 Å². The van der Waals surface area contributed by atoms with Crippen LogP contribution in [0.5, 0.6) is 0 Å². The van der Waals surface area contributed by atoms with Gasteiger partial charge in [0.05, 0.1) is 29.0 Å². The van der Waals surface area contributed by atoms with Crippen LogP contribution in [-0.4, -0.2) is 18.0 Å². The standard InChI is InChI=1S/C9H7BrFNO4/c1-16-9(13)3-5-2-6(10)8(12(14)15)4-7(5)11/h2,4H,3H2,1H3. The second-order valence-corrected chi connectivity index (χ2v) is 3.76. The van der Waals surface area contributed by atoms with E-state index in [9.17, 15) is 19.3 Å². The Kier molecular flexibility index (Phi) is 3.94. The molecule has 1 aromatic carbocycles. The van der Waals surface area contributed by atoms with Crippen LogP contribution in [-0.2, 0) is 16.0 Å². The molecule has 0 amide bonds. The van der Waals surface area contributed by atoms with E-state index in [0.29, 0.717) is 0 Å². The summed E-state index contributed by atoms with van der Waals surface area (Å²) in [7, 11) is 1.18. The van der Waals surface area contributed by atoms with E-state index in [4.69, 9.17) is 0 Å². The minimum atomic E-state index is -0.805. The largest absolute Gasteiger partial charge is 0.469 e. The third-order valence-electron chi connectivity index (χ3n) is 1.88. The molecule has 0 aliphatic heterocycles. The van der Waals surface area contributed by atoms with Crippen LogP contribution in [0, 0.1) is 15.9 Å². The van der Waals surface area contributed by atoms with Crippen LogP contribution in [0.4, 0.5) is 10.1 Å². The Hall–Kier alpha value is -1.50. The number of nitro benzene ring substituents is 1. The van der Waals surface area contributed by atoms with Crippen LogP contribution in [0.3, 0.4) is 0 Å². The molecule has 0 N–H and O–H groups in total. The first kappa shape index (κ1) is 12.6. The molecule has 1 aromatic rings. The zero-order valence-corrected chi connectivity index (χ0v) is 9.78. The predicted octanol–water partition coefficient (Wildman–Crippen LogP) is 2.21. The second kappa shape index (κ2) is 5.02. The summed E-state index contributed by atoms with van der Waals surface area (Å²) >= 11 is 2.93. The zero-order valence-electron chi connectivity index (χ0n) is 8.20. The number of carbonyl (C=O) groups excluding carboxylic acids is 1. The first-order valence-electron chi connectivity index (χ1n) is 4.15. The van der Waals surface area contributed by atoms with Gasteiger partial charge in [-0.05, 0) is 22.0 Å². The molecule has 0 heterocycles. The van der Waals surface area contributed by atoms with Crippen LogP contribution in [0.2, 0.25) is 0 Å². The highest BCUT2D eigenvalue weighted by Crippen LogP contribution is 2.28. The molecule has 0 unspecified atom stereocenters. The summed E-state index contributed by atoms with van der Waals surface area (Å²) in [5.41, 5.74) is -0.338. The lowest BCUT2D eigenvalue weighted by molar-refractivity contribution is -0.385. The average Bonchev–Trinajstić information content (AvgIpc) is 2.22. The highest BCUT2D eigenvalue weighted by molar-refractivity contribution is 9.10. The van der Waals surface area contributed by atoms with Gasteiger partial charge in [-0.2, -0.15) is 0 Å². The molecule has 86 valence electrons. The van der Waals surface area contributed by atoms with E-state index in [1.807, 2.05) is 0 Å². The molecule has 0 aliphatic carbocycles. The summed E-state index contributed by atoms with van der Waals surface area (Å²) in [4.78, 5) is 20.7. The average molecular weight is 292 g/mol. The molecule has 1 rings (SSSR count). The number of methoxy groups -OCH3 is 1. The minimum absolute atomic E-state index is 0.0457. The van der Waals surface area contributed by atoms with Crippen LogP contribution in [0.25, 0.3) is 0 Å². The van der Waals surface area contributed by atoms with Gasteiger partial charge in [-0.15, -0.1) is 0 Å². The number of ether oxygens (including phenoxy) is 1. The first-order valence-corrected chi connectivity index (χ1v) is 4.94.